The molecule has 84 valence electrons. The molecule has 0 aromatic heterocycles. The largest absolute Gasteiger partial charge is 0.357 e. The topological polar surface area (TPSA) is 15.6 Å². The Morgan fingerprint density at radius 1 is 1.33 bits per heavy atom. The second-order valence-electron chi connectivity index (χ2n) is 4.28. The molecule has 0 spiro atoms. The lowest BCUT2D eigenvalue weighted by molar-refractivity contribution is 0.521. The van der Waals surface area contributed by atoms with E-state index < -0.39 is 0 Å². The van der Waals surface area contributed by atoms with Gasteiger partial charge in [-0.05, 0) is 30.4 Å². The highest BCUT2D eigenvalue weighted by Gasteiger charge is 2.14. The lowest BCUT2D eigenvalue weighted by Crippen LogP contribution is -2.26. The second kappa shape index (κ2) is 5.74. The molecule has 0 unspecified atom stereocenters. The van der Waals surface area contributed by atoms with Crippen LogP contribution in [-0.4, -0.2) is 30.9 Å². The van der Waals surface area contributed by atoms with Crippen molar-refractivity contribution in [3.05, 3.63) is 24.3 Å². The van der Waals surface area contributed by atoms with E-state index in [1.807, 2.05) is 13.1 Å². The van der Waals surface area contributed by atoms with E-state index in [1.165, 1.54) is 18.4 Å². The van der Waals surface area contributed by atoms with Crippen LogP contribution >= 0.6 is 0 Å². The van der Waals surface area contributed by atoms with Gasteiger partial charge >= 0.3 is 0 Å². The van der Waals surface area contributed by atoms with E-state index in [4.69, 9.17) is 0 Å². The molecule has 1 rings (SSSR count). The van der Waals surface area contributed by atoms with Gasteiger partial charge in [0.25, 0.3) is 0 Å². The van der Waals surface area contributed by atoms with Gasteiger partial charge in [0.05, 0.1) is 0 Å². The molecular formula is C13H22N2. The third-order valence-electron chi connectivity index (χ3n) is 2.86. The van der Waals surface area contributed by atoms with E-state index in [9.17, 15) is 0 Å². The third kappa shape index (κ3) is 3.22. The number of hydrogen-bond donors (Lipinski definition) is 0. The number of likely N-dealkylation sites (tertiary alicyclic amines) is 1. The number of rotatable bonds is 3. The molecule has 1 aliphatic rings. The van der Waals surface area contributed by atoms with E-state index in [0.717, 1.165) is 18.9 Å². The summed E-state index contributed by atoms with van der Waals surface area (Å²) in [4.78, 5) is 6.71. The molecule has 0 aliphatic carbocycles. The minimum absolute atomic E-state index is 0.516. The van der Waals surface area contributed by atoms with Gasteiger partial charge in [-0.1, -0.05) is 26.5 Å². The summed E-state index contributed by atoms with van der Waals surface area (Å²) in [5, 5.41) is 0. The van der Waals surface area contributed by atoms with Crippen molar-refractivity contribution < 1.29 is 0 Å². The molecule has 1 heterocycles. The molecule has 15 heavy (non-hydrogen) atoms. The van der Waals surface area contributed by atoms with Gasteiger partial charge in [-0.2, -0.15) is 0 Å². The van der Waals surface area contributed by atoms with Crippen LogP contribution in [0.3, 0.4) is 0 Å². The first-order chi connectivity index (χ1) is 7.19. The Balaban J connectivity index is 2.78. The number of amidine groups is 1. The Hall–Kier alpha value is -1.05. The Bertz CT molecular complexity index is 268. The number of aliphatic imine (C=N–C) groups is 1. The van der Waals surface area contributed by atoms with E-state index in [-0.39, 0.29) is 0 Å². The van der Waals surface area contributed by atoms with Crippen LogP contribution in [0.5, 0.6) is 0 Å². The van der Waals surface area contributed by atoms with E-state index in [2.05, 4.69) is 36.4 Å². The standard InChI is InChI=1S/C13H22N2/c1-5-12(11(2)3)10-13(14-4)15-8-6-7-9-15/h5,10-11H,1,6-9H2,2-4H3/b12-10+,14-13?. The molecule has 0 amide bonds. The highest BCUT2D eigenvalue weighted by atomic mass is 15.2. The van der Waals surface area contributed by atoms with Gasteiger partial charge in [0.1, 0.15) is 5.84 Å². The monoisotopic (exact) mass is 206 g/mol. The molecule has 1 fully saturated rings. The van der Waals surface area contributed by atoms with Gasteiger partial charge in [-0.3, -0.25) is 4.99 Å². The minimum Gasteiger partial charge on any atom is -0.357 e. The van der Waals surface area contributed by atoms with E-state index in [0.29, 0.717) is 5.92 Å². The van der Waals surface area contributed by atoms with Gasteiger partial charge < -0.3 is 4.90 Å². The van der Waals surface area contributed by atoms with Crippen LogP contribution in [-0.2, 0) is 0 Å². The molecule has 2 heteroatoms. The minimum atomic E-state index is 0.516. The molecular weight excluding hydrogens is 184 g/mol. The van der Waals surface area contributed by atoms with E-state index >= 15 is 0 Å². The average Bonchev–Trinajstić information content (AvgIpc) is 2.72. The summed E-state index contributed by atoms with van der Waals surface area (Å²) >= 11 is 0. The Morgan fingerprint density at radius 2 is 1.93 bits per heavy atom. The summed E-state index contributed by atoms with van der Waals surface area (Å²) < 4.78 is 0. The Kier molecular flexibility index (Phi) is 4.60. The maximum atomic E-state index is 4.36. The van der Waals surface area contributed by atoms with Gasteiger partial charge in [0.15, 0.2) is 0 Å². The van der Waals surface area contributed by atoms with Crippen molar-refractivity contribution in [2.45, 2.75) is 26.7 Å². The highest BCUT2D eigenvalue weighted by molar-refractivity contribution is 5.94. The number of allylic oxidation sites excluding steroid dienone is 2. The van der Waals surface area contributed by atoms with Crippen molar-refractivity contribution >= 4 is 5.84 Å². The normalized spacial score (nSPS) is 18.8. The Labute approximate surface area is 93.4 Å². The first-order valence-electron chi connectivity index (χ1n) is 5.74. The molecule has 0 radical (unpaired) electrons. The first-order valence-corrected chi connectivity index (χ1v) is 5.74. The van der Waals surface area contributed by atoms with Gasteiger partial charge in [-0.25, -0.2) is 0 Å². The summed E-state index contributed by atoms with van der Waals surface area (Å²) in [6, 6.07) is 0. The number of nitrogens with zero attached hydrogens (tertiary/aromatic N) is 2. The fourth-order valence-electron chi connectivity index (χ4n) is 1.85. The maximum Gasteiger partial charge on any atom is 0.123 e. The fraction of sp³-hybridized carbons (Fsp3) is 0.615. The maximum absolute atomic E-state index is 4.36. The van der Waals surface area contributed by atoms with Crippen molar-refractivity contribution in [3.8, 4) is 0 Å². The van der Waals surface area contributed by atoms with Crippen molar-refractivity contribution in [1.29, 1.82) is 0 Å². The van der Waals surface area contributed by atoms with Crippen molar-refractivity contribution in [2.75, 3.05) is 20.1 Å². The second-order valence-corrected chi connectivity index (χ2v) is 4.28. The van der Waals surface area contributed by atoms with Crippen LogP contribution in [0.1, 0.15) is 26.7 Å². The summed E-state index contributed by atoms with van der Waals surface area (Å²) in [5.74, 6) is 1.62. The quantitative estimate of drug-likeness (QED) is 0.394. The van der Waals surface area contributed by atoms with Crippen LogP contribution in [0.25, 0.3) is 0 Å². The van der Waals surface area contributed by atoms with Crippen LogP contribution in [0.2, 0.25) is 0 Å². The average molecular weight is 206 g/mol. The van der Waals surface area contributed by atoms with Crippen LogP contribution in [0.4, 0.5) is 0 Å². The van der Waals surface area contributed by atoms with E-state index in [1.54, 1.807) is 0 Å². The number of hydrogen-bond acceptors (Lipinski definition) is 1. The van der Waals surface area contributed by atoms with Crippen molar-refractivity contribution in [3.63, 3.8) is 0 Å². The SMILES string of the molecule is C=C/C(=C\C(=NC)N1CCCC1)C(C)C. The highest BCUT2D eigenvalue weighted by Crippen LogP contribution is 2.14. The van der Waals surface area contributed by atoms with Crippen molar-refractivity contribution in [1.82, 2.24) is 4.90 Å². The lowest BCUT2D eigenvalue weighted by atomic mass is 10.0. The molecule has 0 bridgehead atoms. The summed E-state index contributed by atoms with van der Waals surface area (Å²) in [5.41, 5.74) is 1.27. The molecule has 1 aliphatic heterocycles. The van der Waals surface area contributed by atoms with Gasteiger partial charge in [0, 0.05) is 20.1 Å². The zero-order chi connectivity index (χ0) is 11.3. The first kappa shape index (κ1) is 12.0. The molecule has 2 nitrogen and oxygen atoms in total. The van der Waals surface area contributed by atoms with Crippen molar-refractivity contribution in [2.24, 2.45) is 10.9 Å². The molecule has 0 N–H and O–H groups in total. The third-order valence-corrected chi connectivity index (χ3v) is 2.86. The Morgan fingerprint density at radius 3 is 2.33 bits per heavy atom. The lowest BCUT2D eigenvalue weighted by Gasteiger charge is -2.18. The molecule has 0 saturated carbocycles. The molecule has 0 aromatic rings. The van der Waals surface area contributed by atoms with Gasteiger partial charge in [0.2, 0.25) is 0 Å². The summed E-state index contributed by atoms with van der Waals surface area (Å²) in [7, 11) is 1.87. The fourth-order valence-corrected chi connectivity index (χ4v) is 1.85. The molecule has 0 atom stereocenters. The van der Waals surface area contributed by atoms with Crippen LogP contribution < -0.4 is 0 Å². The molecule has 0 aromatic carbocycles. The predicted octanol–water partition coefficient (Wildman–Crippen LogP) is 2.88. The smallest absolute Gasteiger partial charge is 0.123 e. The molecule has 1 saturated heterocycles. The zero-order valence-corrected chi connectivity index (χ0v) is 10.2. The summed E-state index contributed by atoms with van der Waals surface area (Å²) in [6.45, 7) is 10.5. The van der Waals surface area contributed by atoms with Gasteiger partial charge in [-0.15, -0.1) is 0 Å². The van der Waals surface area contributed by atoms with Crippen LogP contribution in [0, 0.1) is 5.92 Å². The predicted molar refractivity (Wildman–Crippen MR) is 67.3 cm³/mol. The van der Waals surface area contributed by atoms with Crippen LogP contribution in [0.15, 0.2) is 29.3 Å². The zero-order valence-electron chi connectivity index (χ0n) is 10.2. The summed E-state index contributed by atoms with van der Waals surface area (Å²) in [6.07, 6.45) is 6.69.